The second kappa shape index (κ2) is 8.04. The molecule has 0 bridgehead atoms. The van der Waals surface area contributed by atoms with Gasteiger partial charge in [0.1, 0.15) is 11.4 Å². The Morgan fingerprint density at radius 3 is 2.62 bits per heavy atom. The third kappa shape index (κ3) is 4.00. The number of hydrogen-bond donors (Lipinski definition) is 1. The Kier molecular flexibility index (Phi) is 5.30. The summed E-state index contributed by atoms with van der Waals surface area (Å²) in [5.74, 6) is -0.754. The predicted molar refractivity (Wildman–Crippen MR) is 106 cm³/mol. The number of rotatable bonds is 5. The molecule has 29 heavy (non-hydrogen) atoms. The maximum Gasteiger partial charge on any atom is 0.343 e. The average molecular weight is 399 g/mol. The first-order chi connectivity index (χ1) is 14.0. The molecule has 0 spiro atoms. The molecule has 0 atom stereocenters. The van der Waals surface area contributed by atoms with Gasteiger partial charge in [0.05, 0.1) is 12.3 Å². The molecule has 0 aliphatic carbocycles. The zero-order valence-electron chi connectivity index (χ0n) is 16.1. The fourth-order valence-corrected chi connectivity index (χ4v) is 3.51. The Balaban J connectivity index is 1.47. The topological polar surface area (TPSA) is 82.9 Å². The zero-order valence-corrected chi connectivity index (χ0v) is 16.1. The maximum atomic E-state index is 13.1. The van der Waals surface area contributed by atoms with E-state index in [1.165, 1.54) is 28.9 Å². The van der Waals surface area contributed by atoms with Crippen LogP contribution in [0.2, 0.25) is 0 Å². The number of piperazine rings is 1. The van der Waals surface area contributed by atoms with Crippen molar-refractivity contribution < 1.29 is 13.9 Å². The number of fused-ring (bicyclic) bond motifs is 1. The Bertz CT molecular complexity index is 1070. The summed E-state index contributed by atoms with van der Waals surface area (Å²) in [7, 11) is 0. The standard InChI is InChI=1S/C20H22FN5O3/c1-2-29-20(28)17-12-22-26-18(27)11-15(23-19(17)26)13-24-7-9-25(10-8-24)16-5-3-14(21)4-6-16/h3-6,11-12,22H,2,7-10,13H2,1H3. The third-order valence-corrected chi connectivity index (χ3v) is 5.00. The Hall–Kier alpha value is -3.20. The van der Waals surface area contributed by atoms with Crippen LogP contribution >= 0.6 is 0 Å². The molecule has 1 aromatic carbocycles. The molecule has 1 aliphatic rings. The number of hydrogen-bond acceptors (Lipinski definition) is 6. The molecule has 2 aromatic heterocycles. The molecule has 1 aliphatic heterocycles. The van der Waals surface area contributed by atoms with Gasteiger partial charge in [-0.2, -0.15) is 0 Å². The summed E-state index contributed by atoms with van der Waals surface area (Å²) in [6.45, 7) is 5.65. The predicted octanol–water partition coefficient (Wildman–Crippen LogP) is 1.66. The Morgan fingerprint density at radius 1 is 1.21 bits per heavy atom. The Morgan fingerprint density at radius 2 is 1.93 bits per heavy atom. The van der Waals surface area contributed by atoms with E-state index in [0.717, 1.165) is 31.9 Å². The van der Waals surface area contributed by atoms with Gasteiger partial charge in [-0.1, -0.05) is 0 Å². The molecule has 4 rings (SSSR count). The lowest BCUT2D eigenvalue weighted by atomic mass is 10.2. The normalized spacial score (nSPS) is 15.0. The molecule has 1 N–H and O–H groups in total. The summed E-state index contributed by atoms with van der Waals surface area (Å²) in [4.78, 5) is 33.4. The van der Waals surface area contributed by atoms with Crippen molar-refractivity contribution in [3.63, 3.8) is 0 Å². The van der Waals surface area contributed by atoms with Crippen molar-refractivity contribution in [2.75, 3.05) is 37.7 Å². The molecule has 152 valence electrons. The first kappa shape index (κ1) is 19.1. The van der Waals surface area contributed by atoms with E-state index in [0.29, 0.717) is 12.2 Å². The van der Waals surface area contributed by atoms with E-state index in [1.807, 2.05) is 0 Å². The number of halogens is 1. The van der Waals surface area contributed by atoms with Crippen LogP contribution in [0.5, 0.6) is 0 Å². The van der Waals surface area contributed by atoms with Gasteiger partial charge in [-0.25, -0.2) is 18.7 Å². The van der Waals surface area contributed by atoms with Gasteiger partial charge >= 0.3 is 5.97 Å². The average Bonchev–Trinajstić information content (AvgIpc) is 3.14. The summed E-state index contributed by atoms with van der Waals surface area (Å²) >= 11 is 0. The zero-order chi connectivity index (χ0) is 20.4. The van der Waals surface area contributed by atoms with Crippen molar-refractivity contribution in [1.82, 2.24) is 19.5 Å². The van der Waals surface area contributed by atoms with Gasteiger partial charge in [0.25, 0.3) is 5.56 Å². The van der Waals surface area contributed by atoms with Gasteiger partial charge in [0.15, 0.2) is 5.65 Å². The lowest BCUT2D eigenvalue weighted by molar-refractivity contribution is 0.0528. The molecule has 9 heteroatoms. The van der Waals surface area contributed by atoms with Gasteiger partial charge in [0.2, 0.25) is 0 Å². The molecule has 0 radical (unpaired) electrons. The van der Waals surface area contributed by atoms with Crippen molar-refractivity contribution in [1.29, 1.82) is 0 Å². The first-order valence-electron chi connectivity index (χ1n) is 9.55. The van der Waals surface area contributed by atoms with E-state index in [4.69, 9.17) is 4.74 Å². The van der Waals surface area contributed by atoms with E-state index in [1.54, 1.807) is 19.1 Å². The summed E-state index contributed by atoms with van der Waals surface area (Å²) in [5, 5.41) is 2.75. The fourth-order valence-electron chi connectivity index (χ4n) is 3.51. The van der Waals surface area contributed by atoms with Crippen molar-refractivity contribution in [2.45, 2.75) is 13.5 Å². The Labute approximate surface area is 166 Å². The molecule has 1 saturated heterocycles. The minimum Gasteiger partial charge on any atom is -0.462 e. The highest BCUT2D eigenvalue weighted by molar-refractivity contribution is 5.95. The van der Waals surface area contributed by atoms with E-state index in [-0.39, 0.29) is 29.2 Å². The monoisotopic (exact) mass is 399 g/mol. The molecular weight excluding hydrogens is 377 g/mol. The molecule has 0 saturated carbocycles. The van der Waals surface area contributed by atoms with Gasteiger partial charge < -0.3 is 9.64 Å². The largest absolute Gasteiger partial charge is 0.462 e. The number of anilines is 1. The summed E-state index contributed by atoms with van der Waals surface area (Å²) in [6, 6.07) is 7.97. The number of H-pyrrole nitrogens is 1. The van der Waals surface area contributed by atoms with Crippen molar-refractivity contribution in [3.8, 4) is 0 Å². The van der Waals surface area contributed by atoms with Gasteiger partial charge in [-0.15, -0.1) is 0 Å². The van der Waals surface area contributed by atoms with E-state index >= 15 is 0 Å². The lowest BCUT2D eigenvalue weighted by Gasteiger charge is -2.35. The fraction of sp³-hybridized carbons (Fsp3) is 0.350. The SMILES string of the molecule is CCOC(=O)c1c[nH]n2c(=O)cc(CN3CCN(c4ccc(F)cc4)CC3)nc12. The number of carbonyl (C=O) groups is 1. The summed E-state index contributed by atoms with van der Waals surface area (Å²) in [6.07, 6.45) is 1.44. The quantitative estimate of drug-likeness (QED) is 0.657. The number of nitrogens with zero attached hydrogens (tertiary/aromatic N) is 4. The smallest absolute Gasteiger partial charge is 0.343 e. The summed E-state index contributed by atoms with van der Waals surface area (Å²) in [5.41, 5.74) is 1.85. The molecule has 0 amide bonds. The van der Waals surface area contributed by atoms with Crippen LogP contribution in [0.15, 0.2) is 41.3 Å². The van der Waals surface area contributed by atoms with Gasteiger partial charge in [-0.05, 0) is 31.2 Å². The minimum atomic E-state index is -0.511. The van der Waals surface area contributed by atoms with Crippen molar-refractivity contribution in [3.05, 3.63) is 64.0 Å². The lowest BCUT2D eigenvalue weighted by Crippen LogP contribution is -2.46. The van der Waals surface area contributed by atoms with Crippen LogP contribution in [-0.2, 0) is 11.3 Å². The van der Waals surface area contributed by atoms with E-state index in [9.17, 15) is 14.0 Å². The number of ether oxygens (including phenoxy) is 1. The highest BCUT2D eigenvalue weighted by atomic mass is 19.1. The number of aromatic amines is 1. The van der Waals surface area contributed by atoms with Crippen LogP contribution in [0.3, 0.4) is 0 Å². The van der Waals surface area contributed by atoms with Crippen molar-refractivity contribution >= 4 is 17.3 Å². The number of esters is 1. The minimum absolute atomic E-state index is 0.243. The number of aromatic nitrogens is 3. The maximum absolute atomic E-state index is 13.1. The van der Waals surface area contributed by atoms with Crippen LogP contribution in [-0.4, -0.2) is 58.3 Å². The third-order valence-electron chi connectivity index (χ3n) is 5.00. The molecular formula is C20H22FN5O3. The van der Waals surface area contributed by atoms with Gasteiger partial charge in [-0.3, -0.25) is 14.8 Å². The molecule has 0 unspecified atom stereocenters. The van der Waals surface area contributed by atoms with Crippen LogP contribution < -0.4 is 10.5 Å². The number of carbonyl (C=O) groups excluding carboxylic acids is 1. The highest BCUT2D eigenvalue weighted by Crippen LogP contribution is 2.18. The number of benzene rings is 1. The van der Waals surface area contributed by atoms with E-state index < -0.39 is 5.97 Å². The second-order valence-electron chi connectivity index (χ2n) is 6.89. The van der Waals surface area contributed by atoms with Crippen LogP contribution in [0.4, 0.5) is 10.1 Å². The first-order valence-corrected chi connectivity index (χ1v) is 9.55. The van der Waals surface area contributed by atoms with E-state index in [2.05, 4.69) is 19.9 Å². The van der Waals surface area contributed by atoms with Crippen LogP contribution in [0, 0.1) is 5.82 Å². The molecule has 1 fully saturated rings. The molecule has 3 heterocycles. The highest BCUT2D eigenvalue weighted by Gasteiger charge is 2.20. The van der Waals surface area contributed by atoms with Crippen molar-refractivity contribution in [2.24, 2.45) is 0 Å². The molecule has 3 aromatic rings. The molecule has 8 nitrogen and oxygen atoms in total. The van der Waals surface area contributed by atoms with Crippen LogP contribution in [0.1, 0.15) is 23.0 Å². The van der Waals surface area contributed by atoms with Crippen LogP contribution in [0.25, 0.3) is 5.65 Å². The number of nitrogens with one attached hydrogen (secondary N) is 1. The summed E-state index contributed by atoms with van der Waals surface area (Å²) < 4.78 is 19.4. The van der Waals surface area contributed by atoms with Gasteiger partial charge in [0, 0.05) is 50.7 Å². The second-order valence-corrected chi connectivity index (χ2v) is 6.89.